The van der Waals surface area contributed by atoms with Crippen LogP contribution in [-0.4, -0.2) is 20.5 Å². The second-order valence-corrected chi connectivity index (χ2v) is 17.2. The predicted molar refractivity (Wildman–Crippen MR) is 220 cm³/mol. The zero-order valence-electron chi connectivity index (χ0n) is 36.9. The van der Waals surface area contributed by atoms with Crippen LogP contribution in [0.3, 0.4) is 0 Å². The SMILES string of the molecule is [2H]c1c([2H])c([2H])c2c(c1[2H])[N+](c1[c-]c(C(F)(F)c3[c-]c4c(nc3)c3ccccc3n4-c3cc(C(C)(C)C)ccn3)cc(C(C)(C)C)c1)=C=[N+]2c1ccccc1C(C)(C)C.[Pt+2]. The maximum Gasteiger partial charge on any atom is 2.00 e. The van der Waals surface area contributed by atoms with E-state index in [0.29, 0.717) is 28.1 Å². The van der Waals surface area contributed by atoms with Crippen molar-refractivity contribution in [3.8, 4) is 5.82 Å². The Labute approximate surface area is 348 Å². The van der Waals surface area contributed by atoms with Crippen molar-refractivity contribution >= 4 is 50.7 Å². The van der Waals surface area contributed by atoms with Crippen LogP contribution in [0.4, 0.5) is 31.5 Å². The second kappa shape index (κ2) is 13.8. The molecule has 0 unspecified atom stereocenters. The first-order valence-corrected chi connectivity index (χ1v) is 18.4. The second-order valence-electron chi connectivity index (χ2n) is 17.2. The van der Waals surface area contributed by atoms with Crippen LogP contribution < -0.4 is 9.15 Å². The molecular weight excluding hydrogens is 880 g/mol. The molecule has 0 atom stereocenters. The Hall–Kier alpha value is -5.09. The quantitative estimate of drug-likeness (QED) is 0.127. The van der Waals surface area contributed by atoms with Gasteiger partial charge in [-0.2, -0.15) is 6.07 Å². The summed E-state index contributed by atoms with van der Waals surface area (Å²) in [6.45, 7) is 18.3. The normalized spacial score (nSPS) is 14.4. The Kier molecular flexibility index (Phi) is 8.44. The van der Waals surface area contributed by atoms with Gasteiger partial charge in [-0.25, -0.2) is 13.8 Å². The summed E-state index contributed by atoms with van der Waals surface area (Å²) < 4.78 is 75.1. The van der Waals surface area contributed by atoms with E-state index in [2.05, 4.69) is 69.7 Å². The minimum atomic E-state index is -3.67. The fraction of sp³-hybridized carbons (Fsp3) is 0.271. The first-order chi connectivity index (χ1) is 27.6. The molecule has 8 rings (SSSR count). The van der Waals surface area contributed by atoms with Crippen molar-refractivity contribution in [3.63, 3.8) is 0 Å². The van der Waals surface area contributed by atoms with Gasteiger partial charge in [0.15, 0.2) is 0 Å². The molecule has 0 spiro atoms. The molecule has 0 amide bonds. The minimum Gasteiger partial charge on any atom is -0.380 e. The van der Waals surface area contributed by atoms with Crippen molar-refractivity contribution in [2.75, 3.05) is 0 Å². The number of benzene rings is 4. The molecule has 0 N–H and O–H groups in total. The van der Waals surface area contributed by atoms with E-state index in [-0.39, 0.29) is 61.0 Å². The van der Waals surface area contributed by atoms with E-state index >= 15 is 8.78 Å². The number of nitrogens with zero attached hydrogens (tertiary/aromatic N) is 5. The van der Waals surface area contributed by atoms with Crippen LogP contribution in [0.15, 0.2) is 109 Å². The third-order valence-corrected chi connectivity index (χ3v) is 10.2. The van der Waals surface area contributed by atoms with E-state index in [9.17, 15) is 0 Å². The van der Waals surface area contributed by atoms with Gasteiger partial charge in [0.05, 0.1) is 5.48 Å². The Bertz CT molecular complexity index is 2970. The van der Waals surface area contributed by atoms with Gasteiger partial charge in [-0.05, 0) is 61.0 Å². The van der Waals surface area contributed by atoms with E-state index in [1.807, 2.05) is 86.0 Å². The fourth-order valence-corrected chi connectivity index (χ4v) is 7.06. The molecule has 56 heavy (non-hydrogen) atoms. The number of alkyl halides is 2. The molecule has 0 aliphatic carbocycles. The van der Waals surface area contributed by atoms with Crippen molar-refractivity contribution in [2.45, 2.75) is 84.5 Å². The average molecular weight is 929 g/mol. The topological polar surface area (TPSA) is 36.7 Å². The summed E-state index contributed by atoms with van der Waals surface area (Å²) in [6.07, 6.45) is 2.89. The number of rotatable bonds is 5. The van der Waals surface area contributed by atoms with Crippen LogP contribution in [0.1, 0.15) is 95.6 Å². The van der Waals surface area contributed by atoms with Gasteiger partial charge in [0.25, 0.3) is 17.3 Å². The molecule has 4 aromatic carbocycles. The van der Waals surface area contributed by atoms with E-state index in [1.165, 1.54) is 16.8 Å². The first kappa shape index (κ1) is 34.2. The van der Waals surface area contributed by atoms with Crippen LogP contribution >= 0.6 is 0 Å². The zero-order valence-corrected chi connectivity index (χ0v) is 35.2. The summed E-state index contributed by atoms with van der Waals surface area (Å²) >= 11 is 0. The van der Waals surface area contributed by atoms with E-state index < -0.39 is 34.5 Å². The van der Waals surface area contributed by atoms with Gasteiger partial charge in [0, 0.05) is 35.4 Å². The molecule has 0 saturated heterocycles. The van der Waals surface area contributed by atoms with Crippen molar-refractivity contribution in [1.29, 1.82) is 0 Å². The average Bonchev–Trinajstić information content (AvgIpc) is 3.75. The number of hydrogen-bond donors (Lipinski definition) is 0. The third kappa shape index (κ3) is 6.76. The molecular formula is C48H45F2N5Pt+2. The summed E-state index contributed by atoms with van der Waals surface area (Å²) in [4.78, 5) is 9.32. The molecule has 4 heterocycles. The van der Waals surface area contributed by atoms with Gasteiger partial charge in [-0.1, -0.05) is 145 Å². The number of halogens is 2. The summed E-state index contributed by atoms with van der Waals surface area (Å²) in [5, 5.41) is 0.779. The minimum absolute atomic E-state index is 0. The van der Waals surface area contributed by atoms with E-state index in [0.717, 1.165) is 22.0 Å². The molecule has 0 saturated carbocycles. The van der Waals surface area contributed by atoms with Crippen molar-refractivity contribution in [2.24, 2.45) is 0 Å². The summed E-state index contributed by atoms with van der Waals surface area (Å²) in [5.41, 5.74) is 3.09. The number of aromatic nitrogens is 3. The predicted octanol–water partition coefficient (Wildman–Crippen LogP) is 12.1. The van der Waals surface area contributed by atoms with Gasteiger partial charge in [0.2, 0.25) is 5.69 Å². The van der Waals surface area contributed by atoms with Gasteiger partial charge in [0.1, 0.15) is 11.5 Å². The Balaban J connectivity index is 0.00000544. The van der Waals surface area contributed by atoms with Crippen molar-refractivity contribution in [3.05, 3.63) is 149 Å². The molecule has 0 bridgehead atoms. The van der Waals surface area contributed by atoms with Crippen LogP contribution in [0.5, 0.6) is 0 Å². The molecule has 8 heteroatoms. The Morgan fingerprint density at radius 1 is 0.696 bits per heavy atom. The van der Waals surface area contributed by atoms with Gasteiger partial charge < -0.3 is 9.55 Å². The van der Waals surface area contributed by atoms with Crippen LogP contribution in [0.2, 0.25) is 0 Å². The smallest absolute Gasteiger partial charge is 0.380 e. The van der Waals surface area contributed by atoms with Gasteiger partial charge in [-0.3, -0.25) is 0 Å². The molecule has 1 aliphatic rings. The van der Waals surface area contributed by atoms with Gasteiger partial charge >= 0.3 is 27.1 Å². The summed E-state index contributed by atoms with van der Waals surface area (Å²) in [7, 11) is 0. The monoisotopic (exact) mass is 928 g/mol. The number of para-hydroxylation sites is 4. The molecule has 7 aromatic rings. The fourth-order valence-electron chi connectivity index (χ4n) is 7.06. The summed E-state index contributed by atoms with van der Waals surface area (Å²) in [5.74, 6) is -3.11. The Morgan fingerprint density at radius 3 is 2.05 bits per heavy atom. The molecule has 284 valence electrons. The van der Waals surface area contributed by atoms with Crippen molar-refractivity contribution in [1.82, 2.24) is 23.7 Å². The molecule has 5 nitrogen and oxygen atoms in total. The Morgan fingerprint density at radius 2 is 1.36 bits per heavy atom. The molecule has 3 aromatic heterocycles. The maximum atomic E-state index is 17.4. The first-order valence-electron chi connectivity index (χ1n) is 20.4. The van der Waals surface area contributed by atoms with Crippen LogP contribution in [-0.2, 0) is 43.2 Å². The number of pyridine rings is 2. The van der Waals surface area contributed by atoms with E-state index in [4.69, 9.17) is 5.48 Å². The van der Waals surface area contributed by atoms with E-state index in [1.54, 1.807) is 16.8 Å². The van der Waals surface area contributed by atoms with Crippen LogP contribution in [0.25, 0.3) is 27.8 Å². The zero-order chi connectivity index (χ0) is 42.6. The van der Waals surface area contributed by atoms with Gasteiger partial charge in [-0.15, -0.1) is 11.6 Å². The largest absolute Gasteiger partial charge is 2.00 e. The summed E-state index contributed by atoms with van der Waals surface area (Å²) in [6, 6.07) is 30.2. The third-order valence-electron chi connectivity index (χ3n) is 10.2. The maximum absolute atomic E-state index is 17.4. The number of fused-ring (bicyclic) bond motifs is 4. The standard InChI is InChI=1S/C48H45F2N5.Pt/c1-45(2,3)31-22-23-51-43(28-31)55-38-18-12-10-16-36(38)44-42(55)27-34(29-52-44)48(49,50)33-24-32(46(4,5)6)25-35(26-33)53-30-54(41-21-15-14-20-40(41)53)39-19-13-11-17-37(39)47(7,8)9;/h10-25,28-29H,1-9H3;/q;+2/i14D,15D,20D,21D;. The molecule has 0 radical (unpaired) electrons. The van der Waals surface area contributed by atoms with Crippen LogP contribution in [0, 0.1) is 12.1 Å². The van der Waals surface area contributed by atoms with Crippen molar-refractivity contribution < 1.29 is 35.3 Å². The molecule has 0 fully saturated rings. The molecule has 1 aliphatic heterocycles. The number of hydrogen-bond acceptors (Lipinski definition) is 2.